The lowest BCUT2D eigenvalue weighted by molar-refractivity contribution is -0.255. The third-order valence-electron chi connectivity index (χ3n) is 4.86. The zero-order valence-electron chi connectivity index (χ0n) is 19.1. The lowest BCUT2D eigenvalue weighted by Gasteiger charge is -2.12. The molecule has 0 aliphatic heterocycles. The number of hydrogen-bond donors (Lipinski definition) is 2. The van der Waals surface area contributed by atoms with Gasteiger partial charge in [0.15, 0.2) is 0 Å². The topological polar surface area (TPSA) is 155 Å². The second-order valence-corrected chi connectivity index (χ2v) is 9.07. The fourth-order valence-corrected chi connectivity index (χ4v) is 4.06. The van der Waals surface area contributed by atoms with Crippen LogP contribution in [0.4, 0.5) is 0 Å². The summed E-state index contributed by atoms with van der Waals surface area (Å²) in [5.74, 6) is -2.80. The molecule has 10 nitrogen and oxygen atoms in total. The minimum Gasteiger partial charge on any atom is -0.543 e. The van der Waals surface area contributed by atoms with E-state index in [2.05, 4.69) is 10.3 Å². The number of pyridine rings is 1. The molecule has 1 aromatic heterocycles. The highest BCUT2D eigenvalue weighted by Gasteiger charge is 2.20. The third kappa shape index (κ3) is 7.63. The van der Waals surface area contributed by atoms with E-state index in [1.807, 2.05) is 18.6 Å². The lowest BCUT2D eigenvalue weighted by atomic mass is 10.0. The summed E-state index contributed by atoms with van der Waals surface area (Å²) in [6.07, 6.45) is 3.83. The van der Waals surface area contributed by atoms with Crippen LogP contribution in [0.5, 0.6) is 0 Å². The Kier molecular flexibility index (Phi) is 10.1. The van der Waals surface area contributed by atoms with Gasteiger partial charge in [0.1, 0.15) is 0 Å². The Balaban J connectivity index is 2.12. The Hall–Kier alpha value is -3.31. The number of hydrogen-bond acceptors (Lipinski definition) is 8. The largest absolute Gasteiger partial charge is 0.543 e. The predicted octanol–water partition coefficient (Wildman–Crippen LogP) is 1.06. The molecule has 11 heteroatoms. The van der Waals surface area contributed by atoms with E-state index in [1.54, 1.807) is 0 Å². The van der Waals surface area contributed by atoms with Gasteiger partial charge in [-0.25, -0.2) is 13.1 Å². The minimum atomic E-state index is -4.24. The van der Waals surface area contributed by atoms with Crippen molar-refractivity contribution in [1.82, 2.24) is 15.0 Å². The quantitative estimate of drug-likeness (QED) is 0.395. The first-order chi connectivity index (χ1) is 16.2. The van der Waals surface area contributed by atoms with Crippen molar-refractivity contribution in [1.29, 1.82) is 0 Å². The van der Waals surface area contributed by atoms with Gasteiger partial charge in [-0.2, -0.15) is 0 Å². The number of nitrogens with one attached hydrogen (secondary N) is 2. The summed E-state index contributed by atoms with van der Waals surface area (Å²) < 4.78 is 32.4. The highest BCUT2D eigenvalue weighted by Crippen LogP contribution is 2.15. The molecule has 184 valence electrons. The molecule has 1 heterocycles. The molecule has 0 fully saturated rings. The number of benzene rings is 1. The van der Waals surface area contributed by atoms with Crippen LogP contribution >= 0.6 is 0 Å². The maximum Gasteiger partial charge on any atom is 0.266 e. The Morgan fingerprint density at radius 1 is 1.03 bits per heavy atom. The summed E-state index contributed by atoms with van der Waals surface area (Å²) in [6.45, 7) is 5.04. The van der Waals surface area contributed by atoms with Gasteiger partial charge in [0, 0.05) is 24.9 Å². The number of carbonyl (C=O) groups excluding carboxylic acids is 3. The fraction of sp³-hybridized carbons (Fsp3) is 0.391. The molecular weight excluding hydrogens is 462 g/mol. The van der Waals surface area contributed by atoms with Gasteiger partial charge in [-0.15, -0.1) is 0 Å². The van der Waals surface area contributed by atoms with Gasteiger partial charge in [0.05, 0.1) is 28.7 Å². The Labute approximate surface area is 198 Å². The van der Waals surface area contributed by atoms with Crippen LogP contribution < -0.4 is 15.1 Å². The molecule has 0 bridgehead atoms. The minimum absolute atomic E-state index is 0.0923. The number of carbonyl (C=O) groups is 3. The molecule has 0 spiro atoms. The number of aromatic nitrogens is 1. The summed E-state index contributed by atoms with van der Waals surface area (Å²) in [5, 5.41) is 14.0. The molecule has 34 heavy (non-hydrogen) atoms. The van der Waals surface area contributed by atoms with Crippen LogP contribution in [0.3, 0.4) is 0 Å². The van der Waals surface area contributed by atoms with Crippen molar-refractivity contribution < 1.29 is 32.6 Å². The van der Waals surface area contributed by atoms with Gasteiger partial charge in [-0.3, -0.25) is 14.6 Å². The summed E-state index contributed by atoms with van der Waals surface area (Å²) in [7, 11) is -4.24. The third-order valence-corrected chi connectivity index (χ3v) is 6.21. The Morgan fingerprint density at radius 2 is 1.74 bits per heavy atom. The molecule has 2 amide bonds. The lowest BCUT2D eigenvalue weighted by Crippen LogP contribution is -2.31. The number of aryl methyl sites for hydroxylation is 1. The average Bonchev–Trinajstić information content (AvgIpc) is 2.81. The van der Waals surface area contributed by atoms with Crippen LogP contribution in [0.15, 0.2) is 41.4 Å². The molecule has 0 saturated heterocycles. The van der Waals surface area contributed by atoms with Crippen LogP contribution in [0.2, 0.25) is 0 Å². The van der Waals surface area contributed by atoms with Crippen molar-refractivity contribution in [2.24, 2.45) is 0 Å². The molecule has 1 aromatic carbocycles. The standard InChI is InChI=1S/C23H29N3O7S/c1-3-5-6-7-17-14-18(15-25-20(17)23(29)30)22(28)26-34(31,32)19-10-8-16(9-11-19)21(27)24-12-13-33-4-2/h8-11,14-15H,3-7,12-13H2,1-2H3,(H,24,27)(H,26,28)(H,29,30)/p-1. The SMILES string of the molecule is CCCCCc1cc(C(=O)NS(=O)(=O)c2ccc(C(=O)NCCOCC)cc2)cnc1C(=O)[O-]. The number of ether oxygens (including phenoxy) is 1. The predicted molar refractivity (Wildman–Crippen MR) is 122 cm³/mol. The van der Waals surface area contributed by atoms with Gasteiger partial charge >= 0.3 is 0 Å². The zero-order valence-corrected chi connectivity index (χ0v) is 19.9. The molecule has 0 aliphatic rings. The van der Waals surface area contributed by atoms with E-state index in [1.165, 1.54) is 30.3 Å². The highest BCUT2D eigenvalue weighted by molar-refractivity contribution is 7.90. The van der Waals surface area contributed by atoms with Gasteiger partial charge < -0.3 is 20.0 Å². The van der Waals surface area contributed by atoms with Crippen LogP contribution in [-0.4, -0.2) is 50.9 Å². The number of sulfonamides is 1. The molecule has 0 atom stereocenters. The van der Waals surface area contributed by atoms with Crippen molar-refractivity contribution in [2.45, 2.75) is 44.4 Å². The molecule has 0 radical (unpaired) electrons. The highest BCUT2D eigenvalue weighted by atomic mass is 32.2. The van der Waals surface area contributed by atoms with Gasteiger partial charge in [0.25, 0.3) is 21.8 Å². The van der Waals surface area contributed by atoms with Crippen molar-refractivity contribution in [3.63, 3.8) is 0 Å². The van der Waals surface area contributed by atoms with Crippen LogP contribution in [0, 0.1) is 0 Å². The molecule has 2 rings (SSSR count). The van der Waals surface area contributed by atoms with Crippen molar-refractivity contribution >= 4 is 27.8 Å². The van der Waals surface area contributed by atoms with E-state index >= 15 is 0 Å². The average molecular weight is 491 g/mol. The molecular formula is C23H28N3O7S-. The summed E-state index contributed by atoms with van der Waals surface area (Å²) >= 11 is 0. The first-order valence-corrected chi connectivity index (χ1v) is 12.4. The number of amides is 2. The second-order valence-electron chi connectivity index (χ2n) is 7.39. The normalized spacial score (nSPS) is 11.1. The molecule has 2 aromatic rings. The number of aromatic carboxylic acids is 1. The van der Waals surface area contributed by atoms with Crippen molar-refractivity contribution in [2.75, 3.05) is 19.8 Å². The molecule has 0 saturated carbocycles. The maximum absolute atomic E-state index is 12.6. The van der Waals surface area contributed by atoms with Crippen molar-refractivity contribution in [3.8, 4) is 0 Å². The van der Waals surface area contributed by atoms with E-state index in [0.717, 1.165) is 19.0 Å². The number of carboxylic acid groups (broad SMARTS) is 1. The van der Waals surface area contributed by atoms with Crippen LogP contribution in [-0.2, 0) is 21.2 Å². The number of nitrogens with zero attached hydrogens (tertiary/aromatic N) is 1. The van der Waals surface area contributed by atoms with Crippen LogP contribution in [0.1, 0.15) is 69.9 Å². The van der Waals surface area contributed by atoms with Gasteiger partial charge in [-0.05, 0) is 55.7 Å². The van der Waals surface area contributed by atoms with E-state index < -0.39 is 21.9 Å². The summed E-state index contributed by atoms with van der Waals surface area (Å²) in [4.78, 5) is 39.5. The first-order valence-electron chi connectivity index (χ1n) is 10.9. The monoisotopic (exact) mass is 490 g/mol. The number of rotatable bonds is 13. The zero-order chi connectivity index (χ0) is 25.1. The Morgan fingerprint density at radius 3 is 2.35 bits per heavy atom. The van der Waals surface area contributed by atoms with Crippen molar-refractivity contribution in [3.05, 3.63) is 58.9 Å². The van der Waals surface area contributed by atoms with Gasteiger partial charge in [0.2, 0.25) is 0 Å². The summed E-state index contributed by atoms with van der Waals surface area (Å²) in [5.41, 5.74) is 0.190. The van der Waals surface area contributed by atoms with Crippen LogP contribution in [0.25, 0.3) is 0 Å². The molecule has 2 N–H and O–H groups in total. The second kappa shape index (κ2) is 12.8. The fourth-order valence-electron chi connectivity index (χ4n) is 3.08. The smallest absolute Gasteiger partial charge is 0.266 e. The summed E-state index contributed by atoms with van der Waals surface area (Å²) in [6, 6.07) is 6.39. The maximum atomic E-state index is 12.6. The van der Waals surface area contributed by atoms with E-state index in [-0.39, 0.29) is 27.6 Å². The first kappa shape index (κ1) is 26.9. The van der Waals surface area contributed by atoms with E-state index in [9.17, 15) is 27.9 Å². The molecule has 0 unspecified atom stereocenters. The van der Waals surface area contributed by atoms with Gasteiger partial charge in [-0.1, -0.05) is 19.8 Å². The Bertz CT molecular complexity index is 1120. The van der Waals surface area contributed by atoms with E-state index in [4.69, 9.17) is 4.74 Å². The molecule has 0 aliphatic carbocycles. The number of unbranched alkanes of at least 4 members (excludes halogenated alkanes) is 2. The number of carboxylic acids is 1. The van der Waals surface area contributed by atoms with E-state index in [0.29, 0.717) is 38.2 Å².